The molecule has 0 aromatic heterocycles. The highest BCUT2D eigenvalue weighted by Gasteiger charge is 2.83. The molecule has 134 valence electrons. The van der Waals surface area contributed by atoms with Gasteiger partial charge in [-0.1, -0.05) is 18.7 Å². The van der Waals surface area contributed by atoms with Gasteiger partial charge in [-0.15, -0.1) is 0 Å². The molecule has 5 rings (SSSR count). The largest absolute Gasteiger partial charge is 0.481 e. The third-order valence-electron chi connectivity index (χ3n) is 8.03. The van der Waals surface area contributed by atoms with Crippen LogP contribution in [0.15, 0.2) is 24.3 Å². The van der Waals surface area contributed by atoms with Crippen molar-refractivity contribution in [3.63, 3.8) is 0 Å². The second-order valence-corrected chi connectivity index (χ2v) is 8.76. The fourth-order valence-corrected chi connectivity index (χ4v) is 7.28. The molecule has 1 saturated heterocycles. The van der Waals surface area contributed by atoms with Gasteiger partial charge >= 0.3 is 11.9 Å². The molecule has 4 fully saturated rings. The standard InChI is InChI=1S/C19H22O6/c1-10-7-17-8-18(10,24)6-3-11(17)19-5-2-4-16(9-20,15(23)25-19)13(19)12(17)14(21)22/h2,4,11-13,20,24H,1,3,5-9H2,(H,21,22)/t11-,12-,13-,16+,17+,18+,19-/m1/s1. The van der Waals surface area contributed by atoms with Crippen molar-refractivity contribution in [3.05, 3.63) is 24.3 Å². The monoisotopic (exact) mass is 346 g/mol. The highest BCUT2D eigenvalue weighted by Crippen LogP contribution is 2.77. The summed E-state index contributed by atoms with van der Waals surface area (Å²) in [6.45, 7) is 3.58. The Morgan fingerprint density at radius 2 is 2.20 bits per heavy atom. The number of aliphatic carboxylic acids is 1. The number of aliphatic hydroxyl groups excluding tert-OH is 1. The second kappa shape index (κ2) is 4.18. The lowest BCUT2D eigenvalue weighted by atomic mass is 9.62. The second-order valence-electron chi connectivity index (χ2n) is 8.76. The van der Waals surface area contributed by atoms with Crippen LogP contribution in [0.3, 0.4) is 0 Å². The number of carbonyl (C=O) groups is 2. The van der Waals surface area contributed by atoms with E-state index in [-0.39, 0.29) is 5.92 Å². The Balaban J connectivity index is 1.77. The lowest BCUT2D eigenvalue weighted by Crippen LogP contribution is -2.47. The van der Waals surface area contributed by atoms with Crippen LogP contribution in [-0.4, -0.2) is 45.1 Å². The molecule has 0 radical (unpaired) electrons. The maximum absolute atomic E-state index is 12.7. The number of carboxylic acid groups (broad SMARTS) is 1. The highest BCUT2D eigenvalue weighted by atomic mass is 16.6. The number of ether oxygens (including phenoxy) is 1. The van der Waals surface area contributed by atoms with Crippen molar-refractivity contribution >= 4 is 11.9 Å². The van der Waals surface area contributed by atoms with Crippen LogP contribution >= 0.6 is 0 Å². The zero-order valence-electron chi connectivity index (χ0n) is 13.9. The normalized spacial score (nSPS) is 55.0. The van der Waals surface area contributed by atoms with Crippen LogP contribution < -0.4 is 0 Å². The summed E-state index contributed by atoms with van der Waals surface area (Å²) < 4.78 is 5.92. The average molecular weight is 346 g/mol. The first-order valence-corrected chi connectivity index (χ1v) is 8.91. The molecule has 6 nitrogen and oxygen atoms in total. The van der Waals surface area contributed by atoms with Crippen molar-refractivity contribution in [2.45, 2.75) is 43.3 Å². The molecule has 6 heteroatoms. The Labute approximate surface area is 145 Å². The molecule has 5 aliphatic rings. The van der Waals surface area contributed by atoms with Gasteiger partial charge in [0.1, 0.15) is 11.0 Å². The van der Waals surface area contributed by atoms with Gasteiger partial charge in [-0.2, -0.15) is 0 Å². The lowest BCUT2D eigenvalue weighted by molar-refractivity contribution is -0.163. The van der Waals surface area contributed by atoms with Gasteiger partial charge in [0.2, 0.25) is 0 Å². The van der Waals surface area contributed by atoms with E-state index in [0.717, 1.165) is 0 Å². The molecule has 1 aliphatic heterocycles. The predicted molar refractivity (Wildman–Crippen MR) is 85.2 cm³/mol. The molecule has 0 unspecified atom stereocenters. The number of aliphatic hydroxyl groups is 2. The summed E-state index contributed by atoms with van der Waals surface area (Å²) in [7, 11) is 0. The summed E-state index contributed by atoms with van der Waals surface area (Å²) in [5, 5.41) is 31.2. The van der Waals surface area contributed by atoms with E-state index < -0.39 is 52.4 Å². The molecule has 7 atom stereocenters. The van der Waals surface area contributed by atoms with Crippen LogP contribution in [0.1, 0.15) is 32.1 Å². The number of hydrogen-bond donors (Lipinski definition) is 3. The van der Waals surface area contributed by atoms with Gasteiger partial charge in [-0.3, -0.25) is 9.59 Å². The molecule has 1 heterocycles. The van der Waals surface area contributed by atoms with E-state index in [0.29, 0.717) is 37.7 Å². The van der Waals surface area contributed by atoms with E-state index in [4.69, 9.17) is 4.74 Å². The number of hydrogen-bond acceptors (Lipinski definition) is 5. The summed E-state index contributed by atoms with van der Waals surface area (Å²) in [4.78, 5) is 25.1. The van der Waals surface area contributed by atoms with Gasteiger partial charge in [-0.25, -0.2) is 0 Å². The van der Waals surface area contributed by atoms with E-state index in [1.54, 1.807) is 6.08 Å². The first kappa shape index (κ1) is 15.6. The topological polar surface area (TPSA) is 104 Å². The Kier molecular flexibility index (Phi) is 2.60. The zero-order chi connectivity index (χ0) is 17.8. The maximum atomic E-state index is 12.7. The minimum absolute atomic E-state index is 0.132. The minimum Gasteiger partial charge on any atom is -0.481 e. The smallest absolute Gasteiger partial charge is 0.319 e. The minimum atomic E-state index is -1.28. The number of carboxylic acids is 1. The van der Waals surface area contributed by atoms with E-state index in [9.17, 15) is 24.9 Å². The van der Waals surface area contributed by atoms with E-state index in [2.05, 4.69) is 6.58 Å². The van der Waals surface area contributed by atoms with Crippen LogP contribution in [0, 0.1) is 28.6 Å². The zero-order valence-corrected chi connectivity index (χ0v) is 13.9. The highest BCUT2D eigenvalue weighted by molar-refractivity contribution is 5.87. The summed E-state index contributed by atoms with van der Waals surface area (Å²) >= 11 is 0. The molecule has 25 heavy (non-hydrogen) atoms. The lowest BCUT2D eigenvalue weighted by Gasteiger charge is -2.45. The summed E-state index contributed by atoms with van der Waals surface area (Å²) in [6, 6.07) is 0. The summed E-state index contributed by atoms with van der Waals surface area (Å²) in [5.74, 6) is -3.05. The van der Waals surface area contributed by atoms with Crippen molar-refractivity contribution in [3.8, 4) is 0 Å². The van der Waals surface area contributed by atoms with Crippen LogP contribution in [0.2, 0.25) is 0 Å². The van der Waals surface area contributed by atoms with Crippen molar-refractivity contribution < 1.29 is 29.6 Å². The van der Waals surface area contributed by atoms with Crippen molar-refractivity contribution in [2.75, 3.05) is 6.61 Å². The van der Waals surface area contributed by atoms with Gasteiger partial charge in [0.25, 0.3) is 0 Å². The Morgan fingerprint density at radius 3 is 2.88 bits per heavy atom. The third kappa shape index (κ3) is 1.40. The number of esters is 1. The van der Waals surface area contributed by atoms with Crippen molar-refractivity contribution in [2.24, 2.45) is 28.6 Å². The predicted octanol–water partition coefficient (Wildman–Crippen LogP) is 1.03. The van der Waals surface area contributed by atoms with Crippen LogP contribution in [0.25, 0.3) is 0 Å². The molecule has 1 spiro atoms. The van der Waals surface area contributed by atoms with Gasteiger partial charge in [0.05, 0.1) is 18.1 Å². The van der Waals surface area contributed by atoms with Gasteiger partial charge in [0, 0.05) is 18.3 Å². The first-order chi connectivity index (χ1) is 11.8. The van der Waals surface area contributed by atoms with Crippen LogP contribution in [-0.2, 0) is 14.3 Å². The first-order valence-electron chi connectivity index (χ1n) is 8.91. The van der Waals surface area contributed by atoms with Crippen molar-refractivity contribution in [1.29, 1.82) is 0 Å². The third-order valence-corrected chi connectivity index (χ3v) is 8.03. The Bertz CT molecular complexity index is 757. The molecule has 3 N–H and O–H groups in total. The molecule has 4 bridgehead atoms. The van der Waals surface area contributed by atoms with E-state index in [1.807, 2.05) is 6.08 Å². The maximum Gasteiger partial charge on any atom is 0.319 e. The fourth-order valence-electron chi connectivity index (χ4n) is 7.28. The quantitative estimate of drug-likeness (QED) is 0.510. The molecule has 0 amide bonds. The molecule has 0 aromatic carbocycles. The molecular formula is C19H22O6. The molecular weight excluding hydrogens is 324 g/mol. The van der Waals surface area contributed by atoms with Gasteiger partial charge in [0.15, 0.2) is 0 Å². The Morgan fingerprint density at radius 1 is 1.44 bits per heavy atom. The van der Waals surface area contributed by atoms with E-state index in [1.165, 1.54) is 0 Å². The average Bonchev–Trinajstić information content (AvgIpc) is 2.95. The molecule has 3 saturated carbocycles. The van der Waals surface area contributed by atoms with Gasteiger partial charge < -0.3 is 20.1 Å². The molecule has 0 aromatic rings. The van der Waals surface area contributed by atoms with E-state index >= 15 is 0 Å². The summed E-state index contributed by atoms with van der Waals surface area (Å²) in [6.07, 6.45) is 5.93. The molecule has 4 aliphatic carbocycles. The Hall–Kier alpha value is -1.66. The van der Waals surface area contributed by atoms with Crippen molar-refractivity contribution in [1.82, 2.24) is 0 Å². The number of carbonyl (C=O) groups excluding carboxylic acids is 1. The van der Waals surface area contributed by atoms with Gasteiger partial charge in [-0.05, 0) is 36.7 Å². The van der Waals surface area contributed by atoms with Crippen LogP contribution in [0.4, 0.5) is 0 Å². The fraction of sp³-hybridized carbons (Fsp3) is 0.684. The SMILES string of the molecule is C=C1C[C@]23C[C@@]1(O)CC[C@H]2[C@@]12CC=C[C@@](CO)(C(=O)O1)[C@H]2[C@@H]3C(=O)O. The van der Waals surface area contributed by atoms with Crippen LogP contribution in [0.5, 0.6) is 0 Å². The number of fused-ring (bicyclic) bond motifs is 1. The summed E-state index contributed by atoms with van der Waals surface area (Å²) in [5.41, 5.74) is -3.14. The number of rotatable bonds is 2.